The fourth-order valence-corrected chi connectivity index (χ4v) is 6.25. The minimum atomic E-state index is -0.236. The van der Waals surface area contributed by atoms with E-state index in [9.17, 15) is 4.79 Å². The summed E-state index contributed by atoms with van der Waals surface area (Å²) in [5, 5.41) is 5.09. The number of furan rings is 1. The van der Waals surface area contributed by atoms with Crippen molar-refractivity contribution in [1.82, 2.24) is 5.16 Å². The average Bonchev–Trinajstić information content (AvgIpc) is 3.31. The van der Waals surface area contributed by atoms with Crippen LogP contribution in [0, 0.1) is 23.2 Å². The van der Waals surface area contributed by atoms with Crippen molar-refractivity contribution in [3.8, 4) is 11.5 Å². The number of hydrogen-bond acceptors (Lipinski definition) is 5. The highest BCUT2D eigenvalue weighted by atomic mass is 16.5. The van der Waals surface area contributed by atoms with E-state index in [1.807, 2.05) is 30.3 Å². The molecule has 0 unspecified atom stereocenters. The van der Waals surface area contributed by atoms with Crippen molar-refractivity contribution in [3.05, 3.63) is 42.1 Å². The third kappa shape index (κ3) is 2.60. The number of rotatable bonds is 4. The number of carbonyl (C=O) groups excluding carboxylic acids is 1. The van der Waals surface area contributed by atoms with Crippen LogP contribution in [-0.2, 0) is 16.1 Å². The molecular weight excluding hydrogens is 354 g/mol. The number of ether oxygens (including phenoxy) is 1. The van der Waals surface area contributed by atoms with E-state index < -0.39 is 0 Å². The van der Waals surface area contributed by atoms with Crippen molar-refractivity contribution in [2.75, 3.05) is 0 Å². The van der Waals surface area contributed by atoms with E-state index in [0.29, 0.717) is 17.2 Å². The molecule has 7 rings (SSSR count). The first-order chi connectivity index (χ1) is 13.7. The molecule has 0 N–H and O–H groups in total. The van der Waals surface area contributed by atoms with Crippen molar-refractivity contribution in [1.29, 1.82) is 0 Å². The summed E-state index contributed by atoms with van der Waals surface area (Å²) in [5.41, 5.74) is 1.19. The van der Waals surface area contributed by atoms with Crippen molar-refractivity contribution >= 4 is 16.9 Å². The fourth-order valence-electron chi connectivity index (χ4n) is 6.25. The monoisotopic (exact) mass is 377 g/mol. The Bertz CT molecular complexity index is 977. The number of hydrogen-bond donors (Lipinski definition) is 0. The van der Waals surface area contributed by atoms with Gasteiger partial charge in [-0.05, 0) is 68.4 Å². The Hall–Kier alpha value is -2.56. The number of para-hydroxylation sites is 1. The third-order valence-electron chi connectivity index (χ3n) is 7.05. The van der Waals surface area contributed by atoms with Crippen molar-refractivity contribution in [2.24, 2.45) is 23.2 Å². The molecule has 0 radical (unpaired) electrons. The third-order valence-corrected chi connectivity index (χ3v) is 7.05. The van der Waals surface area contributed by atoms with E-state index in [4.69, 9.17) is 13.7 Å². The van der Waals surface area contributed by atoms with Crippen LogP contribution in [0.2, 0.25) is 0 Å². The lowest BCUT2D eigenvalue weighted by Crippen LogP contribution is -2.50. The summed E-state index contributed by atoms with van der Waals surface area (Å²) < 4.78 is 17.0. The van der Waals surface area contributed by atoms with Crippen LogP contribution < -0.4 is 0 Å². The van der Waals surface area contributed by atoms with Gasteiger partial charge in [0.1, 0.15) is 17.9 Å². The number of fused-ring (bicyclic) bond motifs is 1. The summed E-state index contributed by atoms with van der Waals surface area (Å²) in [5.74, 6) is 3.34. The van der Waals surface area contributed by atoms with E-state index in [1.165, 1.54) is 19.3 Å². The lowest BCUT2D eigenvalue weighted by atomic mass is 9.49. The van der Waals surface area contributed by atoms with E-state index in [0.717, 1.165) is 48.0 Å². The van der Waals surface area contributed by atoms with Gasteiger partial charge < -0.3 is 13.7 Å². The van der Waals surface area contributed by atoms with Crippen LogP contribution in [0.5, 0.6) is 0 Å². The molecule has 0 amide bonds. The normalized spacial score (nSPS) is 30.8. The Morgan fingerprint density at radius 2 is 1.75 bits per heavy atom. The molecule has 2 heterocycles. The van der Waals surface area contributed by atoms with Crippen molar-refractivity contribution < 1.29 is 18.5 Å². The van der Waals surface area contributed by atoms with Gasteiger partial charge in [0.2, 0.25) is 5.76 Å². The molecule has 4 aliphatic carbocycles. The van der Waals surface area contributed by atoms with Crippen LogP contribution in [0.15, 0.2) is 45.3 Å². The second-order valence-electron chi connectivity index (χ2n) is 9.10. The van der Waals surface area contributed by atoms with E-state index in [2.05, 4.69) is 5.16 Å². The molecule has 0 saturated heterocycles. The molecule has 2 aromatic heterocycles. The molecule has 3 aromatic rings. The lowest BCUT2D eigenvalue weighted by molar-refractivity contribution is -0.173. The number of carbonyl (C=O) groups is 1. The van der Waals surface area contributed by atoms with Gasteiger partial charge in [-0.2, -0.15) is 0 Å². The van der Waals surface area contributed by atoms with Gasteiger partial charge in [0.25, 0.3) is 0 Å². The first-order valence-corrected chi connectivity index (χ1v) is 10.3. The highest BCUT2D eigenvalue weighted by Gasteiger charge is 2.55. The Morgan fingerprint density at radius 3 is 2.46 bits per heavy atom. The molecule has 0 aliphatic heterocycles. The average molecular weight is 377 g/mol. The Morgan fingerprint density at radius 1 is 1.04 bits per heavy atom. The van der Waals surface area contributed by atoms with E-state index in [1.54, 1.807) is 6.07 Å². The van der Waals surface area contributed by atoms with Crippen molar-refractivity contribution in [3.63, 3.8) is 0 Å². The summed E-state index contributed by atoms with van der Waals surface area (Å²) in [7, 11) is 0. The van der Waals surface area contributed by atoms with Crippen molar-refractivity contribution in [2.45, 2.75) is 45.1 Å². The Labute approximate surface area is 163 Å². The molecule has 4 bridgehead atoms. The predicted molar refractivity (Wildman–Crippen MR) is 102 cm³/mol. The lowest BCUT2D eigenvalue weighted by Gasteiger charge is -2.55. The molecule has 144 valence electrons. The first-order valence-electron chi connectivity index (χ1n) is 10.3. The molecule has 4 saturated carbocycles. The fraction of sp³-hybridized carbons (Fsp3) is 0.478. The van der Waals surface area contributed by atoms with E-state index >= 15 is 0 Å². The van der Waals surface area contributed by atoms with Crippen LogP contribution in [0.1, 0.15) is 44.2 Å². The number of nitrogens with zero attached hydrogens (tertiary/aromatic N) is 1. The molecule has 5 heteroatoms. The van der Waals surface area contributed by atoms with Crippen LogP contribution >= 0.6 is 0 Å². The summed E-state index contributed by atoms with van der Waals surface area (Å²) >= 11 is 0. The molecule has 0 atom stereocenters. The molecule has 0 spiro atoms. The number of esters is 1. The maximum atomic E-state index is 13.0. The molecule has 1 aromatic carbocycles. The van der Waals surface area contributed by atoms with Crippen LogP contribution in [0.3, 0.4) is 0 Å². The molecule has 5 nitrogen and oxygen atoms in total. The smallest absolute Gasteiger partial charge is 0.312 e. The SMILES string of the molecule is O=C(OCc1cc(-c2cc3ccccc3o2)on1)C12CC3CC(CC(C3)C1)C2. The highest BCUT2D eigenvalue weighted by Crippen LogP contribution is 2.60. The highest BCUT2D eigenvalue weighted by molar-refractivity contribution is 5.81. The second-order valence-corrected chi connectivity index (χ2v) is 9.10. The predicted octanol–water partition coefficient (Wildman–Crippen LogP) is 5.35. The number of benzene rings is 1. The molecular formula is C23H23NO4. The van der Waals surface area contributed by atoms with Gasteiger partial charge in [-0.15, -0.1) is 0 Å². The summed E-state index contributed by atoms with van der Waals surface area (Å²) in [6.07, 6.45) is 6.99. The van der Waals surface area contributed by atoms with Gasteiger partial charge in [0.15, 0.2) is 5.76 Å². The van der Waals surface area contributed by atoms with Gasteiger partial charge in [-0.25, -0.2) is 0 Å². The van der Waals surface area contributed by atoms with Gasteiger partial charge >= 0.3 is 5.97 Å². The summed E-state index contributed by atoms with van der Waals surface area (Å²) in [6, 6.07) is 11.5. The minimum absolute atomic E-state index is 0.0279. The standard InChI is InChI=1S/C23H23NO4/c25-22(23-10-14-5-15(11-23)7-16(6-14)12-23)26-13-18-9-21(28-24-18)20-8-17-3-1-2-4-19(17)27-20/h1-4,8-9,14-16H,5-7,10-13H2. The zero-order valence-electron chi connectivity index (χ0n) is 15.7. The van der Waals surface area contributed by atoms with Gasteiger partial charge in [-0.3, -0.25) is 4.79 Å². The second kappa shape index (κ2) is 5.97. The quantitative estimate of drug-likeness (QED) is 0.574. The van der Waals surface area contributed by atoms with E-state index in [-0.39, 0.29) is 18.0 Å². The molecule has 4 fully saturated rings. The van der Waals surface area contributed by atoms with Crippen LogP contribution in [0.25, 0.3) is 22.5 Å². The molecule has 28 heavy (non-hydrogen) atoms. The number of aromatic nitrogens is 1. The topological polar surface area (TPSA) is 65.5 Å². The summed E-state index contributed by atoms with van der Waals surface area (Å²) in [6.45, 7) is 0.157. The minimum Gasteiger partial charge on any atom is -0.459 e. The molecule has 4 aliphatic rings. The van der Waals surface area contributed by atoms with Crippen LogP contribution in [0.4, 0.5) is 0 Å². The maximum absolute atomic E-state index is 13.0. The largest absolute Gasteiger partial charge is 0.459 e. The van der Waals surface area contributed by atoms with Gasteiger partial charge in [0, 0.05) is 11.5 Å². The van der Waals surface area contributed by atoms with Gasteiger partial charge in [0.05, 0.1) is 5.41 Å². The Kier molecular flexibility index (Phi) is 3.49. The first kappa shape index (κ1) is 16.4. The Balaban J connectivity index is 1.16. The van der Waals surface area contributed by atoms with Crippen LogP contribution in [-0.4, -0.2) is 11.1 Å². The maximum Gasteiger partial charge on any atom is 0.312 e. The zero-order chi connectivity index (χ0) is 18.7. The summed E-state index contributed by atoms with van der Waals surface area (Å²) in [4.78, 5) is 13.0. The zero-order valence-corrected chi connectivity index (χ0v) is 15.7. The van der Waals surface area contributed by atoms with Gasteiger partial charge in [-0.1, -0.05) is 23.4 Å².